The summed E-state index contributed by atoms with van der Waals surface area (Å²) in [4.78, 5) is 35.1. The number of rotatable bonds is 10. The number of esters is 3. The normalized spacial score (nSPS) is 10.0. The van der Waals surface area contributed by atoms with Crippen molar-refractivity contribution in [2.24, 2.45) is 0 Å². The molecule has 0 aliphatic heterocycles. The fourth-order valence-corrected chi connectivity index (χ4v) is 2.87. The second kappa shape index (κ2) is 11.8. The van der Waals surface area contributed by atoms with Gasteiger partial charge in [-0.05, 0) is 59.7 Å². The predicted molar refractivity (Wildman–Crippen MR) is 126 cm³/mol. The highest BCUT2D eigenvalue weighted by Gasteiger charge is 2.10. The maximum atomic E-state index is 12.4. The van der Waals surface area contributed by atoms with Gasteiger partial charge in [0.2, 0.25) is 0 Å². The molecule has 0 aliphatic rings. The Hall–Kier alpha value is -4.65. The molecule has 7 nitrogen and oxygen atoms in total. The first kappa shape index (κ1) is 24.0. The summed E-state index contributed by atoms with van der Waals surface area (Å²) in [6.07, 6.45) is 2.17. The maximum absolute atomic E-state index is 12.4. The lowest BCUT2D eigenvalue weighted by Gasteiger charge is -2.08. The van der Waals surface area contributed by atoms with Crippen LogP contribution in [0.2, 0.25) is 0 Å². The van der Waals surface area contributed by atoms with Crippen LogP contribution in [0.4, 0.5) is 0 Å². The van der Waals surface area contributed by atoms with Crippen molar-refractivity contribution >= 4 is 17.9 Å². The largest absolute Gasteiger partial charge is 0.490 e. The zero-order chi connectivity index (χ0) is 24.3. The van der Waals surface area contributed by atoms with Crippen LogP contribution >= 0.6 is 0 Å². The molecule has 0 atom stereocenters. The monoisotopic (exact) mass is 458 g/mol. The Bertz CT molecular complexity index is 1160. The lowest BCUT2D eigenvalue weighted by atomic mass is 10.0. The first-order chi connectivity index (χ1) is 16.5. The molecule has 3 aromatic rings. The van der Waals surface area contributed by atoms with E-state index in [1.807, 2.05) is 12.1 Å². The van der Waals surface area contributed by atoms with Gasteiger partial charge in [-0.15, -0.1) is 0 Å². The summed E-state index contributed by atoms with van der Waals surface area (Å²) in [5, 5.41) is 0. The number of carbonyl (C=O) groups is 3. The van der Waals surface area contributed by atoms with Crippen LogP contribution in [0, 0.1) is 0 Å². The average molecular weight is 458 g/mol. The average Bonchev–Trinajstić information content (AvgIpc) is 2.87. The Morgan fingerprint density at radius 1 is 0.676 bits per heavy atom. The molecule has 0 bridgehead atoms. The molecule has 172 valence electrons. The van der Waals surface area contributed by atoms with Crippen molar-refractivity contribution < 1.29 is 33.3 Å². The van der Waals surface area contributed by atoms with Crippen LogP contribution < -0.4 is 9.47 Å². The molecule has 7 heteroatoms. The van der Waals surface area contributed by atoms with Crippen LogP contribution in [0.5, 0.6) is 11.5 Å². The number of benzene rings is 3. The minimum absolute atomic E-state index is 0.0939. The van der Waals surface area contributed by atoms with E-state index in [0.717, 1.165) is 23.5 Å². The van der Waals surface area contributed by atoms with E-state index in [1.54, 1.807) is 60.7 Å². The first-order valence-corrected chi connectivity index (χ1v) is 10.3. The van der Waals surface area contributed by atoms with Crippen molar-refractivity contribution in [3.05, 3.63) is 109 Å². The lowest BCUT2D eigenvalue weighted by molar-refractivity contribution is -0.138. The molecular formula is C27H22O7. The van der Waals surface area contributed by atoms with Gasteiger partial charge in [-0.1, -0.05) is 37.4 Å². The Labute approximate surface area is 196 Å². The maximum Gasteiger partial charge on any atom is 0.343 e. The molecule has 0 aliphatic carbocycles. The summed E-state index contributed by atoms with van der Waals surface area (Å²) in [6.45, 7) is 6.94. The Balaban J connectivity index is 1.54. The molecule has 0 fully saturated rings. The van der Waals surface area contributed by atoms with Gasteiger partial charge in [0, 0.05) is 6.08 Å². The Kier molecular flexibility index (Phi) is 8.35. The van der Waals surface area contributed by atoms with Crippen LogP contribution in [0.25, 0.3) is 11.1 Å². The van der Waals surface area contributed by atoms with Crippen LogP contribution in [-0.4, -0.2) is 31.1 Å². The third-order valence-electron chi connectivity index (χ3n) is 4.56. The molecule has 0 amide bonds. The molecule has 34 heavy (non-hydrogen) atoms. The van der Waals surface area contributed by atoms with E-state index in [2.05, 4.69) is 13.2 Å². The van der Waals surface area contributed by atoms with Gasteiger partial charge in [-0.3, -0.25) is 0 Å². The van der Waals surface area contributed by atoms with E-state index in [9.17, 15) is 14.4 Å². The van der Waals surface area contributed by atoms with Crippen molar-refractivity contribution in [3.8, 4) is 22.6 Å². The van der Waals surface area contributed by atoms with Crippen molar-refractivity contribution in [1.29, 1.82) is 0 Å². The van der Waals surface area contributed by atoms with E-state index < -0.39 is 17.9 Å². The minimum Gasteiger partial charge on any atom is -0.490 e. The Morgan fingerprint density at radius 2 is 1.21 bits per heavy atom. The van der Waals surface area contributed by atoms with E-state index in [0.29, 0.717) is 22.6 Å². The van der Waals surface area contributed by atoms with Gasteiger partial charge in [-0.25, -0.2) is 14.4 Å². The summed E-state index contributed by atoms with van der Waals surface area (Å²) in [7, 11) is 0. The molecule has 0 heterocycles. The van der Waals surface area contributed by atoms with Gasteiger partial charge in [0.1, 0.15) is 24.7 Å². The number of hydrogen-bond donors (Lipinski definition) is 0. The fraction of sp³-hybridized carbons (Fsp3) is 0.0741. The smallest absolute Gasteiger partial charge is 0.343 e. The van der Waals surface area contributed by atoms with Crippen LogP contribution in [-0.2, 0) is 14.3 Å². The van der Waals surface area contributed by atoms with E-state index in [-0.39, 0.29) is 13.2 Å². The predicted octanol–water partition coefficient (Wildman–Crippen LogP) is 4.98. The van der Waals surface area contributed by atoms with Crippen LogP contribution in [0.15, 0.2) is 98.3 Å². The fourth-order valence-electron chi connectivity index (χ4n) is 2.87. The summed E-state index contributed by atoms with van der Waals surface area (Å²) in [5.41, 5.74) is 2.56. The molecule has 3 rings (SSSR count). The van der Waals surface area contributed by atoms with Crippen molar-refractivity contribution in [1.82, 2.24) is 0 Å². The third-order valence-corrected chi connectivity index (χ3v) is 4.56. The zero-order valence-electron chi connectivity index (χ0n) is 18.3. The standard InChI is InChI=1S/C27H22O7/c1-3-25(28)33-18-17-32-23-13-11-22(12-14-23)27(30)34-24-15-9-20(10-16-24)19-5-7-21(8-6-19)26(29)31-4-2/h3-16H,1-2,17-18H2. The molecule has 0 saturated heterocycles. The molecule has 0 aromatic heterocycles. The number of ether oxygens (including phenoxy) is 4. The van der Waals surface area contributed by atoms with Gasteiger partial charge in [0.15, 0.2) is 0 Å². The molecule has 0 unspecified atom stereocenters. The van der Waals surface area contributed by atoms with Crippen molar-refractivity contribution in [2.45, 2.75) is 0 Å². The molecule has 0 radical (unpaired) electrons. The SMILES string of the molecule is C=COC(=O)c1ccc(-c2ccc(OC(=O)c3ccc(OCCOC(=O)C=C)cc3)cc2)cc1. The minimum atomic E-state index is -0.515. The van der Waals surface area contributed by atoms with Crippen LogP contribution in [0.1, 0.15) is 20.7 Å². The highest BCUT2D eigenvalue weighted by molar-refractivity contribution is 5.91. The summed E-state index contributed by atoms with van der Waals surface area (Å²) in [5.74, 6) is -0.580. The highest BCUT2D eigenvalue weighted by Crippen LogP contribution is 2.24. The molecule has 0 spiro atoms. The zero-order valence-corrected chi connectivity index (χ0v) is 18.3. The van der Waals surface area contributed by atoms with E-state index in [1.165, 1.54) is 0 Å². The molecule has 3 aromatic carbocycles. The van der Waals surface area contributed by atoms with E-state index in [4.69, 9.17) is 18.9 Å². The van der Waals surface area contributed by atoms with Crippen molar-refractivity contribution in [3.63, 3.8) is 0 Å². The second-order valence-corrected chi connectivity index (χ2v) is 6.81. The second-order valence-electron chi connectivity index (χ2n) is 6.81. The lowest BCUT2D eigenvalue weighted by Crippen LogP contribution is -2.11. The van der Waals surface area contributed by atoms with Crippen molar-refractivity contribution in [2.75, 3.05) is 13.2 Å². The summed E-state index contributed by atoms with van der Waals surface area (Å²) < 4.78 is 20.5. The van der Waals surface area contributed by atoms with E-state index >= 15 is 0 Å². The topological polar surface area (TPSA) is 88.1 Å². The van der Waals surface area contributed by atoms with Gasteiger partial charge in [0.25, 0.3) is 0 Å². The first-order valence-electron chi connectivity index (χ1n) is 10.3. The van der Waals surface area contributed by atoms with Gasteiger partial charge >= 0.3 is 17.9 Å². The molecule has 0 saturated carbocycles. The summed E-state index contributed by atoms with van der Waals surface area (Å²) in [6, 6.07) is 20.4. The number of carbonyl (C=O) groups excluding carboxylic acids is 3. The highest BCUT2D eigenvalue weighted by atomic mass is 16.6. The Morgan fingerprint density at radius 3 is 1.79 bits per heavy atom. The van der Waals surface area contributed by atoms with Gasteiger partial charge < -0.3 is 18.9 Å². The van der Waals surface area contributed by atoms with Gasteiger partial charge in [-0.2, -0.15) is 0 Å². The molecule has 0 N–H and O–H groups in total. The third kappa shape index (κ3) is 6.67. The summed E-state index contributed by atoms with van der Waals surface area (Å²) >= 11 is 0. The van der Waals surface area contributed by atoms with Crippen LogP contribution in [0.3, 0.4) is 0 Å². The quantitative estimate of drug-likeness (QED) is 0.139. The van der Waals surface area contributed by atoms with Gasteiger partial charge in [0.05, 0.1) is 17.4 Å². The number of hydrogen-bond acceptors (Lipinski definition) is 7. The molecular weight excluding hydrogens is 436 g/mol.